The monoisotopic (exact) mass is 347 g/mol. The number of ketones is 1. The third kappa shape index (κ3) is 2.92. The molecule has 0 radical (unpaired) electrons. The molecule has 0 heterocycles. The van der Waals surface area contributed by atoms with Crippen LogP contribution in [0.15, 0.2) is 46.9 Å². The van der Waals surface area contributed by atoms with E-state index in [0.29, 0.717) is 20.6 Å². The molecule has 0 saturated carbocycles. The first-order valence-electron chi connectivity index (χ1n) is 5.99. The number of hydrogen-bond acceptors (Lipinski definition) is 2. The minimum Gasteiger partial charge on any atom is -0.292 e. The van der Waals surface area contributed by atoms with Gasteiger partial charge in [-0.3, -0.25) is 4.79 Å². The second-order valence-corrected chi connectivity index (χ2v) is 5.67. The molecule has 0 aliphatic rings. The van der Waals surface area contributed by atoms with Crippen molar-refractivity contribution in [1.29, 1.82) is 5.26 Å². The molecule has 2 aromatic carbocycles. The molecule has 0 amide bonds. The highest BCUT2D eigenvalue weighted by atomic mass is 79.9. The number of hydrogen-bond donors (Lipinski definition) is 0. The Labute approximate surface area is 131 Å². The lowest BCUT2D eigenvalue weighted by Gasteiger charge is -2.11. The molecule has 100 valence electrons. The van der Waals surface area contributed by atoms with Crippen LogP contribution in [0.4, 0.5) is 0 Å². The minimum atomic E-state index is -0.845. The molecular weight excluding hydrogens is 338 g/mol. The first-order chi connectivity index (χ1) is 9.54. The van der Waals surface area contributed by atoms with Gasteiger partial charge in [0.1, 0.15) is 5.92 Å². The van der Waals surface area contributed by atoms with Crippen LogP contribution in [-0.2, 0) is 0 Å². The third-order valence-electron chi connectivity index (χ3n) is 3.02. The molecule has 0 fully saturated rings. The molecule has 0 aromatic heterocycles. The van der Waals surface area contributed by atoms with Crippen LogP contribution in [0.2, 0.25) is 5.02 Å². The van der Waals surface area contributed by atoms with Gasteiger partial charge in [-0.25, -0.2) is 0 Å². The standard InChI is InChI=1S/C16H11BrClNO/c1-10-5-7-11(8-6-10)13(9-19)16(20)12-3-2-4-14(17)15(12)18/h2-8,13H,1H3. The van der Waals surface area contributed by atoms with Crippen LogP contribution in [0.3, 0.4) is 0 Å². The Hall–Kier alpha value is -1.63. The van der Waals surface area contributed by atoms with Gasteiger partial charge in [-0.15, -0.1) is 0 Å². The molecular formula is C16H11BrClNO. The molecule has 20 heavy (non-hydrogen) atoms. The predicted octanol–water partition coefficient (Wildman–Crippen LogP) is 4.90. The maximum atomic E-state index is 12.5. The molecule has 0 saturated heterocycles. The number of nitrogens with zero attached hydrogens (tertiary/aromatic N) is 1. The Morgan fingerprint density at radius 1 is 1.25 bits per heavy atom. The molecule has 0 aliphatic heterocycles. The van der Waals surface area contributed by atoms with E-state index in [1.165, 1.54) is 0 Å². The second kappa shape index (κ2) is 6.21. The van der Waals surface area contributed by atoms with Crippen molar-refractivity contribution in [3.05, 3.63) is 68.7 Å². The summed E-state index contributed by atoms with van der Waals surface area (Å²) in [6, 6.07) is 14.5. The normalized spacial score (nSPS) is 11.7. The number of carbonyl (C=O) groups is 1. The van der Waals surface area contributed by atoms with Crippen molar-refractivity contribution in [2.75, 3.05) is 0 Å². The van der Waals surface area contributed by atoms with Crippen LogP contribution in [-0.4, -0.2) is 5.78 Å². The molecule has 1 atom stereocenters. The fourth-order valence-electron chi connectivity index (χ4n) is 1.89. The van der Waals surface area contributed by atoms with E-state index < -0.39 is 5.92 Å². The number of carbonyl (C=O) groups excluding carboxylic acids is 1. The summed E-state index contributed by atoms with van der Waals surface area (Å²) < 4.78 is 0.644. The summed E-state index contributed by atoms with van der Waals surface area (Å²) in [5, 5.41) is 9.65. The number of nitriles is 1. The van der Waals surface area contributed by atoms with E-state index in [2.05, 4.69) is 22.0 Å². The lowest BCUT2D eigenvalue weighted by atomic mass is 9.91. The molecule has 2 nitrogen and oxygen atoms in total. The fraction of sp³-hybridized carbons (Fsp3) is 0.125. The summed E-state index contributed by atoms with van der Waals surface area (Å²) in [6.45, 7) is 1.96. The van der Waals surface area contributed by atoms with E-state index in [-0.39, 0.29) is 5.78 Å². The third-order valence-corrected chi connectivity index (χ3v) is 4.32. The molecule has 0 aliphatic carbocycles. The van der Waals surface area contributed by atoms with Crippen molar-refractivity contribution >= 4 is 33.3 Å². The summed E-state index contributed by atoms with van der Waals surface area (Å²) in [4.78, 5) is 12.5. The van der Waals surface area contributed by atoms with Crippen molar-refractivity contribution in [2.24, 2.45) is 0 Å². The molecule has 1 unspecified atom stereocenters. The quantitative estimate of drug-likeness (QED) is 0.740. The van der Waals surface area contributed by atoms with Crippen LogP contribution in [0, 0.1) is 18.3 Å². The van der Waals surface area contributed by atoms with Gasteiger partial charge in [-0.05, 0) is 40.5 Å². The number of aryl methyl sites for hydroxylation is 1. The van der Waals surface area contributed by atoms with Gasteiger partial charge in [-0.2, -0.15) is 5.26 Å². The summed E-state index contributed by atoms with van der Waals surface area (Å²) in [7, 11) is 0. The first-order valence-corrected chi connectivity index (χ1v) is 7.16. The summed E-state index contributed by atoms with van der Waals surface area (Å²) in [6.07, 6.45) is 0. The Balaban J connectivity index is 2.42. The Bertz CT molecular complexity index is 689. The second-order valence-electron chi connectivity index (χ2n) is 4.44. The molecule has 2 rings (SSSR count). The van der Waals surface area contributed by atoms with Gasteiger partial charge >= 0.3 is 0 Å². The Kier molecular flexibility index (Phi) is 4.59. The molecule has 0 bridgehead atoms. The largest absolute Gasteiger partial charge is 0.292 e. The van der Waals surface area contributed by atoms with Crippen molar-refractivity contribution < 1.29 is 4.79 Å². The van der Waals surface area contributed by atoms with Gasteiger partial charge in [0.25, 0.3) is 0 Å². The van der Waals surface area contributed by atoms with Crippen LogP contribution < -0.4 is 0 Å². The zero-order valence-electron chi connectivity index (χ0n) is 10.7. The molecule has 2 aromatic rings. The molecule has 0 spiro atoms. The SMILES string of the molecule is Cc1ccc(C(C#N)C(=O)c2cccc(Br)c2Cl)cc1. The number of Topliss-reactive ketones (excluding diaryl/α,β-unsaturated/α-hetero) is 1. The Morgan fingerprint density at radius 2 is 1.90 bits per heavy atom. The van der Waals surface area contributed by atoms with Gasteiger partial charge in [-0.1, -0.05) is 47.5 Å². The molecule has 4 heteroatoms. The van der Waals surface area contributed by atoms with Gasteiger partial charge in [0.15, 0.2) is 5.78 Å². The van der Waals surface area contributed by atoms with Crippen LogP contribution >= 0.6 is 27.5 Å². The maximum absolute atomic E-state index is 12.5. The highest BCUT2D eigenvalue weighted by Gasteiger charge is 2.24. The lowest BCUT2D eigenvalue weighted by molar-refractivity contribution is 0.0979. The zero-order valence-corrected chi connectivity index (χ0v) is 13.1. The van der Waals surface area contributed by atoms with Gasteiger partial charge in [0, 0.05) is 10.0 Å². The minimum absolute atomic E-state index is 0.289. The van der Waals surface area contributed by atoms with E-state index in [1.54, 1.807) is 30.3 Å². The fourth-order valence-corrected chi connectivity index (χ4v) is 2.48. The van der Waals surface area contributed by atoms with Gasteiger partial charge in [0.2, 0.25) is 0 Å². The van der Waals surface area contributed by atoms with Crippen molar-refractivity contribution in [2.45, 2.75) is 12.8 Å². The van der Waals surface area contributed by atoms with Crippen molar-refractivity contribution in [3.63, 3.8) is 0 Å². The maximum Gasteiger partial charge on any atom is 0.185 e. The first kappa shape index (κ1) is 14.8. The van der Waals surface area contributed by atoms with Crippen molar-refractivity contribution in [3.8, 4) is 6.07 Å². The average Bonchev–Trinajstić information content (AvgIpc) is 2.44. The highest BCUT2D eigenvalue weighted by molar-refractivity contribution is 9.10. The predicted molar refractivity (Wildman–Crippen MR) is 83.0 cm³/mol. The smallest absolute Gasteiger partial charge is 0.185 e. The van der Waals surface area contributed by atoms with Crippen LogP contribution in [0.1, 0.15) is 27.4 Å². The van der Waals surface area contributed by atoms with E-state index in [9.17, 15) is 10.1 Å². The number of rotatable bonds is 3. The van der Waals surface area contributed by atoms with E-state index in [0.717, 1.165) is 5.56 Å². The van der Waals surface area contributed by atoms with E-state index in [1.807, 2.05) is 19.1 Å². The summed E-state index contributed by atoms with van der Waals surface area (Å²) in [5.41, 5.74) is 2.12. The number of halogens is 2. The molecule has 0 N–H and O–H groups in total. The summed E-state index contributed by atoms with van der Waals surface area (Å²) >= 11 is 9.41. The van der Waals surface area contributed by atoms with Crippen LogP contribution in [0.25, 0.3) is 0 Å². The van der Waals surface area contributed by atoms with Crippen molar-refractivity contribution in [1.82, 2.24) is 0 Å². The van der Waals surface area contributed by atoms with Gasteiger partial charge in [0.05, 0.1) is 11.1 Å². The van der Waals surface area contributed by atoms with E-state index >= 15 is 0 Å². The summed E-state index contributed by atoms with van der Waals surface area (Å²) in [5.74, 6) is -1.13. The Morgan fingerprint density at radius 3 is 2.50 bits per heavy atom. The van der Waals surface area contributed by atoms with E-state index in [4.69, 9.17) is 11.6 Å². The van der Waals surface area contributed by atoms with Crippen LogP contribution in [0.5, 0.6) is 0 Å². The average molecular weight is 349 g/mol. The topological polar surface area (TPSA) is 40.9 Å². The highest BCUT2D eigenvalue weighted by Crippen LogP contribution is 2.30. The number of benzene rings is 2. The van der Waals surface area contributed by atoms with Gasteiger partial charge < -0.3 is 0 Å². The lowest BCUT2D eigenvalue weighted by Crippen LogP contribution is -2.12. The zero-order chi connectivity index (χ0) is 14.7.